The number of anilines is 1. The number of halogens is 1. The van der Waals surface area contributed by atoms with Gasteiger partial charge in [0.15, 0.2) is 6.61 Å². The second-order valence-electron chi connectivity index (χ2n) is 4.80. The van der Waals surface area contributed by atoms with Gasteiger partial charge in [-0.2, -0.15) is 5.26 Å². The maximum absolute atomic E-state index is 13.0. The zero-order chi connectivity index (χ0) is 17.5. The molecule has 0 aliphatic heterocycles. The average Bonchev–Trinajstić information content (AvgIpc) is 2.55. The Morgan fingerprint density at radius 1 is 1.29 bits per heavy atom. The minimum Gasteiger partial charge on any atom is -0.452 e. The van der Waals surface area contributed by atoms with Crippen LogP contribution in [-0.4, -0.2) is 18.5 Å². The van der Waals surface area contributed by atoms with Crippen molar-refractivity contribution in [2.24, 2.45) is 0 Å². The topological polar surface area (TPSA) is 79.2 Å². The number of nitrogens with zero attached hydrogens (tertiary/aromatic N) is 1. The molecule has 0 aliphatic carbocycles. The van der Waals surface area contributed by atoms with Crippen LogP contribution in [0.25, 0.3) is 0 Å². The summed E-state index contributed by atoms with van der Waals surface area (Å²) in [4.78, 5) is 24.4. The second-order valence-corrected chi connectivity index (χ2v) is 5.66. The van der Waals surface area contributed by atoms with Gasteiger partial charge < -0.3 is 10.1 Å². The Bertz CT molecular complexity index is 818. The van der Waals surface area contributed by atoms with E-state index in [9.17, 15) is 14.0 Å². The monoisotopic (exact) mass is 344 g/mol. The normalized spacial score (nSPS) is 9.88. The summed E-state index contributed by atoms with van der Waals surface area (Å²) in [6, 6.07) is 10.2. The molecule has 0 atom stereocenters. The highest BCUT2D eigenvalue weighted by atomic mass is 32.2. The maximum Gasteiger partial charge on any atom is 0.338 e. The van der Waals surface area contributed by atoms with Crippen molar-refractivity contribution in [2.45, 2.75) is 11.8 Å². The zero-order valence-electron chi connectivity index (χ0n) is 12.7. The number of ether oxygens (including phenoxy) is 1. The minimum atomic E-state index is -0.776. The number of esters is 1. The van der Waals surface area contributed by atoms with Crippen molar-refractivity contribution in [2.75, 3.05) is 11.9 Å². The lowest BCUT2D eigenvalue weighted by molar-refractivity contribution is -0.119. The fourth-order valence-electron chi connectivity index (χ4n) is 1.91. The van der Waals surface area contributed by atoms with Gasteiger partial charge in [-0.15, -0.1) is 0 Å². The number of carbonyl (C=O) groups is 2. The molecule has 122 valence electrons. The standard InChI is InChI=1S/C17H13FN2O3S/c1-11-7-14(24-10-19)5-6-15(11)20-16(21)9-23-17(22)12-3-2-4-13(18)8-12/h2-8H,9H2,1H3,(H,20,21). The number of rotatable bonds is 5. The highest BCUT2D eigenvalue weighted by Gasteiger charge is 2.12. The van der Waals surface area contributed by atoms with E-state index in [2.05, 4.69) is 5.32 Å². The molecule has 0 aliphatic rings. The van der Waals surface area contributed by atoms with Gasteiger partial charge in [0.1, 0.15) is 11.2 Å². The maximum atomic E-state index is 13.0. The number of benzene rings is 2. The van der Waals surface area contributed by atoms with Gasteiger partial charge in [-0.25, -0.2) is 9.18 Å². The number of nitriles is 1. The van der Waals surface area contributed by atoms with Crippen molar-refractivity contribution in [3.8, 4) is 5.40 Å². The first-order valence-electron chi connectivity index (χ1n) is 6.88. The van der Waals surface area contributed by atoms with Crippen LogP contribution in [0.3, 0.4) is 0 Å². The van der Waals surface area contributed by atoms with E-state index in [1.807, 2.05) is 5.40 Å². The Hall–Kier alpha value is -2.85. The number of thioether (sulfide) groups is 1. The highest BCUT2D eigenvalue weighted by Crippen LogP contribution is 2.23. The molecule has 24 heavy (non-hydrogen) atoms. The molecule has 0 bridgehead atoms. The lowest BCUT2D eigenvalue weighted by Gasteiger charge is -2.09. The predicted octanol–water partition coefficient (Wildman–Crippen LogP) is 3.50. The summed E-state index contributed by atoms with van der Waals surface area (Å²) >= 11 is 1.02. The van der Waals surface area contributed by atoms with Crippen LogP contribution in [0, 0.1) is 23.4 Å². The smallest absolute Gasteiger partial charge is 0.338 e. The summed E-state index contributed by atoms with van der Waals surface area (Å²) in [7, 11) is 0. The van der Waals surface area contributed by atoms with Crippen LogP contribution in [0.15, 0.2) is 47.4 Å². The van der Waals surface area contributed by atoms with E-state index in [1.165, 1.54) is 18.2 Å². The molecule has 5 nitrogen and oxygen atoms in total. The fraction of sp³-hybridized carbons (Fsp3) is 0.118. The molecule has 0 spiro atoms. The van der Waals surface area contributed by atoms with Crippen molar-refractivity contribution < 1.29 is 18.7 Å². The van der Waals surface area contributed by atoms with E-state index in [0.717, 1.165) is 28.3 Å². The van der Waals surface area contributed by atoms with Gasteiger partial charge >= 0.3 is 5.97 Å². The van der Waals surface area contributed by atoms with E-state index in [4.69, 9.17) is 10.00 Å². The molecule has 7 heteroatoms. The number of nitrogens with one attached hydrogen (secondary N) is 1. The van der Waals surface area contributed by atoms with Crippen LogP contribution >= 0.6 is 11.8 Å². The van der Waals surface area contributed by atoms with Crippen LogP contribution in [0.1, 0.15) is 15.9 Å². The summed E-state index contributed by atoms with van der Waals surface area (Å²) in [6.07, 6.45) is 0. The first kappa shape index (κ1) is 17.5. The third-order valence-electron chi connectivity index (χ3n) is 3.03. The van der Waals surface area contributed by atoms with Crippen molar-refractivity contribution in [1.29, 1.82) is 5.26 Å². The molecule has 0 fully saturated rings. The summed E-state index contributed by atoms with van der Waals surface area (Å²) < 4.78 is 17.9. The predicted molar refractivity (Wildman–Crippen MR) is 88.0 cm³/mol. The largest absolute Gasteiger partial charge is 0.452 e. The summed E-state index contributed by atoms with van der Waals surface area (Å²) in [5, 5.41) is 13.2. The van der Waals surface area contributed by atoms with Crippen LogP contribution in [0.4, 0.5) is 10.1 Å². The Morgan fingerprint density at radius 2 is 2.08 bits per heavy atom. The van der Waals surface area contributed by atoms with Crippen molar-refractivity contribution in [3.05, 3.63) is 59.4 Å². The third-order valence-corrected chi connectivity index (χ3v) is 3.61. The molecule has 0 saturated heterocycles. The lowest BCUT2D eigenvalue weighted by Crippen LogP contribution is -2.21. The summed E-state index contributed by atoms with van der Waals surface area (Å²) in [5.41, 5.74) is 1.38. The molecular formula is C17H13FN2O3S. The van der Waals surface area contributed by atoms with Gasteiger partial charge in [-0.05, 0) is 60.6 Å². The second kappa shape index (κ2) is 8.13. The Morgan fingerprint density at radius 3 is 2.75 bits per heavy atom. The van der Waals surface area contributed by atoms with Crippen molar-refractivity contribution in [1.82, 2.24) is 0 Å². The van der Waals surface area contributed by atoms with Crippen LogP contribution in [0.5, 0.6) is 0 Å². The number of thiocyanates is 1. The molecule has 2 aromatic carbocycles. The van der Waals surface area contributed by atoms with E-state index in [-0.39, 0.29) is 5.56 Å². The number of hydrogen-bond acceptors (Lipinski definition) is 5. The van der Waals surface area contributed by atoms with E-state index in [0.29, 0.717) is 5.69 Å². The average molecular weight is 344 g/mol. The molecule has 0 aromatic heterocycles. The third kappa shape index (κ3) is 4.83. The molecule has 0 saturated carbocycles. The molecule has 2 rings (SSSR count). The zero-order valence-corrected chi connectivity index (χ0v) is 13.5. The number of hydrogen-bond donors (Lipinski definition) is 1. The van der Waals surface area contributed by atoms with E-state index in [1.54, 1.807) is 25.1 Å². The van der Waals surface area contributed by atoms with E-state index < -0.39 is 24.3 Å². The molecule has 0 radical (unpaired) electrons. The fourth-order valence-corrected chi connectivity index (χ4v) is 2.39. The summed E-state index contributed by atoms with van der Waals surface area (Å²) in [5.74, 6) is -1.84. The Kier molecular flexibility index (Phi) is 5.93. The number of amides is 1. The first-order valence-corrected chi connectivity index (χ1v) is 7.70. The molecular weight excluding hydrogens is 331 g/mol. The van der Waals surface area contributed by atoms with Gasteiger partial charge in [0, 0.05) is 10.6 Å². The van der Waals surface area contributed by atoms with Crippen molar-refractivity contribution >= 4 is 29.3 Å². The van der Waals surface area contributed by atoms with E-state index >= 15 is 0 Å². The molecule has 2 aromatic rings. The van der Waals surface area contributed by atoms with Gasteiger partial charge in [-0.1, -0.05) is 6.07 Å². The van der Waals surface area contributed by atoms with Gasteiger partial charge in [0.25, 0.3) is 5.91 Å². The van der Waals surface area contributed by atoms with Crippen LogP contribution < -0.4 is 5.32 Å². The van der Waals surface area contributed by atoms with Gasteiger partial charge in [-0.3, -0.25) is 4.79 Å². The van der Waals surface area contributed by atoms with Gasteiger partial charge in [0.2, 0.25) is 0 Å². The first-order chi connectivity index (χ1) is 11.5. The molecule has 1 N–H and O–H groups in total. The molecule has 1 amide bonds. The SMILES string of the molecule is Cc1cc(SC#N)ccc1NC(=O)COC(=O)c1cccc(F)c1. The minimum absolute atomic E-state index is 0.0388. The quantitative estimate of drug-likeness (QED) is 0.510. The molecule has 0 unspecified atom stereocenters. The number of carbonyl (C=O) groups excluding carboxylic acids is 2. The summed E-state index contributed by atoms with van der Waals surface area (Å²) in [6.45, 7) is 1.30. The van der Waals surface area contributed by atoms with Crippen molar-refractivity contribution in [3.63, 3.8) is 0 Å². The lowest BCUT2D eigenvalue weighted by atomic mass is 10.2. The highest BCUT2D eigenvalue weighted by molar-refractivity contribution is 8.03. The Labute approximate surface area is 142 Å². The number of aryl methyl sites for hydroxylation is 1. The van der Waals surface area contributed by atoms with Gasteiger partial charge in [0.05, 0.1) is 5.56 Å². The Balaban J connectivity index is 1.92. The van der Waals surface area contributed by atoms with Crippen LogP contribution in [0.2, 0.25) is 0 Å². The molecule has 0 heterocycles. The van der Waals surface area contributed by atoms with Crippen LogP contribution in [-0.2, 0) is 9.53 Å².